The lowest BCUT2D eigenvalue weighted by Crippen LogP contribution is -2.22. The smallest absolute Gasteiger partial charge is 0.335 e. The van der Waals surface area contributed by atoms with E-state index in [0.717, 1.165) is 43.0 Å². The zero-order chi connectivity index (χ0) is 16.2. The second-order valence-corrected chi connectivity index (χ2v) is 5.86. The maximum absolute atomic E-state index is 11.1. The van der Waals surface area contributed by atoms with Crippen LogP contribution in [0.25, 0.3) is 0 Å². The SMILES string of the molecule is Cc1cc(NCc2ccnn2C2CCOCC2)cc(C(=O)O)c1. The van der Waals surface area contributed by atoms with Gasteiger partial charge in [0.2, 0.25) is 0 Å². The fourth-order valence-corrected chi connectivity index (χ4v) is 2.94. The van der Waals surface area contributed by atoms with Crippen molar-refractivity contribution in [3.05, 3.63) is 47.3 Å². The summed E-state index contributed by atoms with van der Waals surface area (Å²) in [5, 5.41) is 16.9. The van der Waals surface area contributed by atoms with Crippen LogP contribution in [0.5, 0.6) is 0 Å². The molecule has 1 aliphatic rings. The van der Waals surface area contributed by atoms with Crippen LogP contribution in [0.2, 0.25) is 0 Å². The summed E-state index contributed by atoms with van der Waals surface area (Å²) >= 11 is 0. The van der Waals surface area contributed by atoms with Crippen LogP contribution >= 0.6 is 0 Å². The molecular weight excluding hydrogens is 294 g/mol. The molecule has 2 N–H and O–H groups in total. The highest BCUT2D eigenvalue weighted by Crippen LogP contribution is 2.22. The quantitative estimate of drug-likeness (QED) is 0.887. The Hall–Kier alpha value is -2.34. The Morgan fingerprint density at radius 3 is 2.91 bits per heavy atom. The van der Waals surface area contributed by atoms with Gasteiger partial charge >= 0.3 is 5.97 Å². The van der Waals surface area contributed by atoms with Crippen molar-refractivity contribution in [3.8, 4) is 0 Å². The third-order valence-corrected chi connectivity index (χ3v) is 4.09. The standard InChI is InChI=1S/C17H21N3O3/c1-12-8-13(17(21)22)10-14(9-12)18-11-16-2-5-19-20(16)15-3-6-23-7-4-15/h2,5,8-10,15,18H,3-4,6-7,11H2,1H3,(H,21,22). The summed E-state index contributed by atoms with van der Waals surface area (Å²) < 4.78 is 7.46. The number of nitrogens with one attached hydrogen (secondary N) is 1. The lowest BCUT2D eigenvalue weighted by atomic mass is 10.1. The number of aromatic carboxylic acids is 1. The van der Waals surface area contributed by atoms with Gasteiger partial charge in [0.15, 0.2) is 0 Å². The number of anilines is 1. The Morgan fingerprint density at radius 2 is 2.17 bits per heavy atom. The monoisotopic (exact) mass is 315 g/mol. The van der Waals surface area contributed by atoms with E-state index >= 15 is 0 Å². The van der Waals surface area contributed by atoms with Gasteiger partial charge in [0.25, 0.3) is 0 Å². The Labute approximate surface area is 135 Å². The first-order valence-corrected chi connectivity index (χ1v) is 7.82. The Kier molecular flexibility index (Phi) is 4.62. The van der Waals surface area contributed by atoms with E-state index in [1.165, 1.54) is 0 Å². The van der Waals surface area contributed by atoms with Gasteiger partial charge in [-0.15, -0.1) is 0 Å². The lowest BCUT2D eigenvalue weighted by molar-refractivity contribution is 0.0655. The number of rotatable bonds is 5. The summed E-state index contributed by atoms with van der Waals surface area (Å²) in [4.78, 5) is 11.1. The Bertz CT molecular complexity index is 690. The van der Waals surface area contributed by atoms with Gasteiger partial charge in [0, 0.05) is 25.1 Å². The van der Waals surface area contributed by atoms with Crippen LogP contribution in [0.3, 0.4) is 0 Å². The zero-order valence-corrected chi connectivity index (χ0v) is 13.2. The number of aromatic nitrogens is 2. The minimum Gasteiger partial charge on any atom is -0.478 e. The van der Waals surface area contributed by atoms with E-state index in [2.05, 4.69) is 15.1 Å². The molecule has 0 unspecified atom stereocenters. The summed E-state index contributed by atoms with van der Waals surface area (Å²) in [5.74, 6) is -0.913. The van der Waals surface area contributed by atoms with Gasteiger partial charge in [-0.3, -0.25) is 4.68 Å². The molecule has 1 aromatic carbocycles. The molecule has 0 atom stereocenters. The van der Waals surface area contributed by atoms with Crippen LogP contribution < -0.4 is 5.32 Å². The van der Waals surface area contributed by atoms with Crippen molar-refractivity contribution in [2.45, 2.75) is 32.4 Å². The number of hydrogen-bond donors (Lipinski definition) is 2. The van der Waals surface area contributed by atoms with Crippen LogP contribution in [0.1, 0.15) is 40.5 Å². The van der Waals surface area contributed by atoms with Crippen LogP contribution in [-0.2, 0) is 11.3 Å². The maximum Gasteiger partial charge on any atom is 0.335 e. The molecule has 0 amide bonds. The van der Waals surface area contributed by atoms with Crippen LogP contribution in [0.15, 0.2) is 30.5 Å². The molecule has 6 nitrogen and oxygen atoms in total. The summed E-state index contributed by atoms with van der Waals surface area (Å²) in [6.07, 6.45) is 3.76. The molecule has 0 saturated carbocycles. The molecule has 0 spiro atoms. The number of benzene rings is 1. The van der Waals surface area contributed by atoms with Crippen molar-refractivity contribution >= 4 is 11.7 Å². The van der Waals surface area contributed by atoms with Crippen molar-refractivity contribution in [1.82, 2.24) is 9.78 Å². The molecule has 122 valence electrons. The summed E-state index contributed by atoms with van der Waals surface area (Å²) in [5.41, 5.74) is 3.12. The van der Waals surface area contributed by atoms with Gasteiger partial charge in [-0.05, 0) is 49.6 Å². The highest BCUT2D eigenvalue weighted by Gasteiger charge is 2.18. The molecule has 6 heteroatoms. The van der Waals surface area contributed by atoms with E-state index in [4.69, 9.17) is 9.84 Å². The van der Waals surface area contributed by atoms with Crippen LogP contribution in [0.4, 0.5) is 5.69 Å². The number of nitrogens with zero attached hydrogens (tertiary/aromatic N) is 2. The first kappa shape index (κ1) is 15.6. The number of carbonyl (C=O) groups is 1. The maximum atomic E-state index is 11.1. The second-order valence-electron chi connectivity index (χ2n) is 5.86. The Morgan fingerprint density at radius 1 is 1.39 bits per heavy atom. The van der Waals surface area contributed by atoms with E-state index in [1.54, 1.807) is 12.1 Å². The molecule has 1 fully saturated rings. The molecular formula is C17H21N3O3. The third-order valence-electron chi connectivity index (χ3n) is 4.09. The first-order valence-electron chi connectivity index (χ1n) is 7.82. The minimum absolute atomic E-state index is 0.297. The van der Waals surface area contributed by atoms with E-state index in [0.29, 0.717) is 18.2 Å². The molecule has 3 rings (SSSR count). The fraction of sp³-hybridized carbons (Fsp3) is 0.412. The molecule has 1 saturated heterocycles. The van der Waals surface area contributed by atoms with Gasteiger partial charge in [-0.2, -0.15) is 5.10 Å². The molecule has 1 aromatic heterocycles. The predicted octanol–water partition coefficient (Wildman–Crippen LogP) is 2.85. The van der Waals surface area contributed by atoms with Crippen molar-refractivity contribution in [3.63, 3.8) is 0 Å². The second kappa shape index (κ2) is 6.83. The number of carboxylic acids is 1. The average molecular weight is 315 g/mol. The van der Waals surface area contributed by atoms with E-state index in [1.807, 2.05) is 25.3 Å². The first-order chi connectivity index (χ1) is 11.1. The predicted molar refractivity (Wildman–Crippen MR) is 86.8 cm³/mol. The van der Waals surface area contributed by atoms with Gasteiger partial charge in [-0.25, -0.2) is 4.79 Å². The number of hydrogen-bond acceptors (Lipinski definition) is 4. The van der Waals surface area contributed by atoms with Crippen molar-refractivity contribution in [2.75, 3.05) is 18.5 Å². The van der Waals surface area contributed by atoms with E-state index in [9.17, 15) is 4.79 Å². The molecule has 0 radical (unpaired) electrons. The zero-order valence-electron chi connectivity index (χ0n) is 13.2. The van der Waals surface area contributed by atoms with E-state index in [-0.39, 0.29) is 0 Å². The van der Waals surface area contributed by atoms with Crippen molar-refractivity contribution in [2.24, 2.45) is 0 Å². The summed E-state index contributed by atoms with van der Waals surface area (Å²) in [7, 11) is 0. The fourth-order valence-electron chi connectivity index (χ4n) is 2.94. The molecule has 0 bridgehead atoms. The number of aryl methyl sites for hydroxylation is 1. The minimum atomic E-state index is -0.913. The normalized spacial score (nSPS) is 15.5. The molecule has 1 aliphatic heterocycles. The molecule has 2 heterocycles. The number of ether oxygens (including phenoxy) is 1. The lowest BCUT2D eigenvalue weighted by Gasteiger charge is -2.24. The highest BCUT2D eigenvalue weighted by molar-refractivity contribution is 5.89. The van der Waals surface area contributed by atoms with Crippen molar-refractivity contribution < 1.29 is 14.6 Å². The molecule has 2 aromatic rings. The van der Waals surface area contributed by atoms with Crippen LogP contribution in [-0.4, -0.2) is 34.1 Å². The van der Waals surface area contributed by atoms with Gasteiger partial charge in [0.05, 0.1) is 23.8 Å². The topological polar surface area (TPSA) is 76.4 Å². The summed E-state index contributed by atoms with van der Waals surface area (Å²) in [6.45, 7) is 4.05. The van der Waals surface area contributed by atoms with E-state index < -0.39 is 5.97 Å². The van der Waals surface area contributed by atoms with Gasteiger partial charge in [0.1, 0.15) is 0 Å². The summed E-state index contributed by atoms with van der Waals surface area (Å²) in [6, 6.07) is 7.64. The Balaban J connectivity index is 1.71. The number of carboxylic acid groups (broad SMARTS) is 1. The van der Waals surface area contributed by atoms with Gasteiger partial charge < -0.3 is 15.2 Å². The third kappa shape index (κ3) is 3.71. The van der Waals surface area contributed by atoms with Crippen molar-refractivity contribution in [1.29, 1.82) is 0 Å². The highest BCUT2D eigenvalue weighted by atomic mass is 16.5. The molecule has 23 heavy (non-hydrogen) atoms. The van der Waals surface area contributed by atoms with Gasteiger partial charge in [-0.1, -0.05) is 0 Å². The molecule has 0 aliphatic carbocycles. The van der Waals surface area contributed by atoms with Crippen LogP contribution in [0, 0.1) is 6.92 Å². The largest absolute Gasteiger partial charge is 0.478 e. The average Bonchev–Trinajstić information content (AvgIpc) is 3.02.